The number of nitrogens with one attached hydrogen (secondary N) is 2. The van der Waals surface area contributed by atoms with Gasteiger partial charge in [0.05, 0.1) is 12.4 Å². The summed E-state index contributed by atoms with van der Waals surface area (Å²) in [6.45, 7) is 5.30. The van der Waals surface area contributed by atoms with Crippen molar-refractivity contribution in [2.24, 2.45) is 0 Å². The number of likely N-dealkylation sites (N-methyl/N-ethyl adjacent to an activating group) is 1. The van der Waals surface area contributed by atoms with E-state index in [-0.39, 0.29) is 0 Å². The highest BCUT2D eigenvalue weighted by Gasteiger charge is 2.19. The van der Waals surface area contributed by atoms with Crippen molar-refractivity contribution in [2.45, 2.75) is 25.8 Å². The lowest BCUT2D eigenvalue weighted by Crippen LogP contribution is -2.24. The molecule has 0 amide bonds. The fraction of sp³-hybridized carbons (Fsp3) is 0.667. The molecule has 1 aliphatic heterocycles. The summed E-state index contributed by atoms with van der Waals surface area (Å²) in [6, 6.07) is 0.496. The second-order valence-corrected chi connectivity index (χ2v) is 4.61. The van der Waals surface area contributed by atoms with Gasteiger partial charge in [0.15, 0.2) is 0 Å². The number of likely N-dealkylation sites (tertiary alicyclic amines) is 1. The van der Waals surface area contributed by atoms with Crippen LogP contribution in [0.15, 0.2) is 12.4 Å². The first-order chi connectivity index (χ1) is 8.28. The molecule has 1 unspecified atom stereocenters. The maximum Gasteiger partial charge on any atom is 0.147 e. The molecule has 1 aromatic rings. The van der Waals surface area contributed by atoms with Crippen LogP contribution in [0.5, 0.6) is 0 Å². The van der Waals surface area contributed by atoms with Gasteiger partial charge < -0.3 is 15.5 Å². The van der Waals surface area contributed by atoms with E-state index in [1.165, 1.54) is 6.42 Å². The molecule has 0 aliphatic carbocycles. The summed E-state index contributed by atoms with van der Waals surface area (Å²) in [5.74, 6) is 1.72. The summed E-state index contributed by atoms with van der Waals surface area (Å²) in [5, 5.41) is 6.68. The molecule has 2 rings (SSSR count). The van der Waals surface area contributed by atoms with Gasteiger partial charge in [0.1, 0.15) is 11.6 Å². The van der Waals surface area contributed by atoms with Crippen molar-refractivity contribution in [2.75, 3.05) is 37.3 Å². The second kappa shape index (κ2) is 5.82. The van der Waals surface area contributed by atoms with E-state index in [1.54, 1.807) is 12.4 Å². The first-order valence-corrected chi connectivity index (χ1v) is 6.29. The van der Waals surface area contributed by atoms with E-state index >= 15 is 0 Å². The Balaban J connectivity index is 1.91. The zero-order valence-electron chi connectivity index (χ0n) is 10.6. The summed E-state index contributed by atoms with van der Waals surface area (Å²) in [6.07, 6.45) is 5.81. The predicted molar refractivity (Wildman–Crippen MR) is 70.3 cm³/mol. The van der Waals surface area contributed by atoms with E-state index in [9.17, 15) is 0 Å². The van der Waals surface area contributed by atoms with Gasteiger partial charge in [-0.1, -0.05) is 6.92 Å². The molecular weight excluding hydrogens is 214 g/mol. The fourth-order valence-corrected chi connectivity index (χ4v) is 2.04. The van der Waals surface area contributed by atoms with E-state index in [4.69, 9.17) is 0 Å². The molecule has 5 heteroatoms. The standard InChI is InChI=1S/C12H21N5/c1-3-5-14-11-7-13-8-12(16-11)15-10-4-6-17(2)9-10/h7-8,10H,3-6,9H2,1-2H3,(H2,14,15,16). The maximum atomic E-state index is 4.50. The molecule has 0 aromatic carbocycles. The monoisotopic (exact) mass is 235 g/mol. The first kappa shape index (κ1) is 12.1. The third kappa shape index (κ3) is 3.56. The molecule has 17 heavy (non-hydrogen) atoms. The van der Waals surface area contributed by atoms with Gasteiger partial charge in [0.25, 0.3) is 0 Å². The highest BCUT2D eigenvalue weighted by molar-refractivity contribution is 5.42. The molecule has 1 saturated heterocycles. The van der Waals surface area contributed by atoms with Crippen LogP contribution in [0.2, 0.25) is 0 Å². The van der Waals surface area contributed by atoms with Crippen LogP contribution in [-0.2, 0) is 0 Å². The Hall–Kier alpha value is -1.36. The average molecular weight is 235 g/mol. The smallest absolute Gasteiger partial charge is 0.147 e. The molecule has 94 valence electrons. The minimum absolute atomic E-state index is 0.496. The summed E-state index contributed by atoms with van der Waals surface area (Å²) in [4.78, 5) is 11.0. The molecule has 1 aliphatic rings. The quantitative estimate of drug-likeness (QED) is 0.808. The number of hydrogen-bond donors (Lipinski definition) is 2. The molecule has 0 saturated carbocycles. The SMILES string of the molecule is CCCNc1cncc(NC2CCN(C)C2)n1. The fourth-order valence-electron chi connectivity index (χ4n) is 2.04. The highest BCUT2D eigenvalue weighted by atomic mass is 15.2. The van der Waals surface area contributed by atoms with Crippen LogP contribution in [0.4, 0.5) is 11.6 Å². The van der Waals surface area contributed by atoms with Crippen molar-refractivity contribution in [3.8, 4) is 0 Å². The van der Waals surface area contributed by atoms with Crippen molar-refractivity contribution in [3.63, 3.8) is 0 Å². The van der Waals surface area contributed by atoms with Crippen LogP contribution >= 0.6 is 0 Å². The van der Waals surface area contributed by atoms with E-state index in [1.807, 2.05) is 0 Å². The van der Waals surface area contributed by atoms with Gasteiger partial charge in [0, 0.05) is 19.1 Å². The van der Waals surface area contributed by atoms with Crippen LogP contribution in [0.25, 0.3) is 0 Å². The second-order valence-electron chi connectivity index (χ2n) is 4.61. The highest BCUT2D eigenvalue weighted by Crippen LogP contribution is 2.13. The van der Waals surface area contributed by atoms with Crippen LogP contribution in [0.1, 0.15) is 19.8 Å². The zero-order chi connectivity index (χ0) is 12.1. The van der Waals surface area contributed by atoms with Crippen LogP contribution in [0, 0.1) is 0 Å². The van der Waals surface area contributed by atoms with Crippen LogP contribution in [0.3, 0.4) is 0 Å². The minimum atomic E-state index is 0.496. The number of rotatable bonds is 5. The molecule has 0 radical (unpaired) electrons. The van der Waals surface area contributed by atoms with Gasteiger partial charge in [-0.05, 0) is 26.4 Å². The summed E-state index contributed by atoms with van der Waals surface area (Å²) < 4.78 is 0. The molecule has 2 heterocycles. The van der Waals surface area contributed by atoms with E-state index < -0.39 is 0 Å². The van der Waals surface area contributed by atoms with E-state index in [0.717, 1.165) is 37.7 Å². The average Bonchev–Trinajstić information content (AvgIpc) is 2.73. The molecule has 1 aromatic heterocycles. The van der Waals surface area contributed by atoms with Crippen molar-refractivity contribution >= 4 is 11.6 Å². The maximum absolute atomic E-state index is 4.50. The largest absolute Gasteiger partial charge is 0.369 e. The topological polar surface area (TPSA) is 53.1 Å². The molecular formula is C12H21N5. The van der Waals surface area contributed by atoms with Gasteiger partial charge in [-0.15, -0.1) is 0 Å². The lowest BCUT2D eigenvalue weighted by molar-refractivity contribution is 0.414. The van der Waals surface area contributed by atoms with Gasteiger partial charge in [0.2, 0.25) is 0 Å². The van der Waals surface area contributed by atoms with E-state index in [0.29, 0.717) is 6.04 Å². The lowest BCUT2D eigenvalue weighted by Gasteiger charge is -2.13. The number of hydrogen-bond acceptors (Lipinski definition) is 5. The lowest BCUT2D eigenvalue weighted by atomic mass is 10.3. The van der Waals surface area contributed by atoms with Crippen molar-refractivity contribution < 1.29 is 0 Å². The minimum Gasteiger partial charge on any atom is -0.369 e. The molecule has 1 atom stereocenters. The number of anilines is 2. The number of nitrogens with zero attached hydrogens (tertiary/aromatic N) is 3. The molecule has 0 spiro atoms. The van der Waals surface area contributed by atoms with Crippen molar-refractivity contribution in [1.82, 2.24) is 14.9 Å². The Kier molecular flexibility index (Phi) is 4.14. The normalized spacial score (nSPS) is 20.5. The van der Waals surface area contributed by atoms with Crippen LogP contribution in [-0.4, -0.2) is 47.6 Å². The zero-order valence-corrected chi connectivity index (χ0v) is 10.6. The molecule has 0 bridgehead atoms. The first-order valence-electron chi connectivity index (χ1n) is 6.29. The third-order valence-electron chi connectivity index (χ3n) is 2.93. The van der Waals surface area contributed by atoms with Crippen molar-refractivity contribution in [3.05, 3.63) is 12.4 Å². The van der Waals surface area contributed by atoms with Gasteiger partial charge in [-0.3, -0.25) is 4.98 Å². The van der Waals surface area contributed by atoms with Crippen molar-refractivity contribution in [1.29, 1.82) is 0 Å². The molecule has 1 fully saturated rings. The van der Waals surface area contributed by atoms with Gasteiger partial charge >= 0.3 is 0 Å². The van der Waals surface area contributed by atoms with Crippen LogP contribution < -0.4 is 10.6 Å². The Morgan fingerprint density at radius 2 is 2.24 bits per heavy atom. The third-order valence-corrected chi connectivity index (χ3v) is 2.93. The van der Waals surface area contributed by atoms with E-state index in [2.05, 4.69) is 39.5 Å². The Morgan fingerprint density at radius 1 is 1.41 bits per heavy atom. The summed E-state index contributed by atoms with van der Waals surface area (Å²) in [7, 11) is 2.15. The Labute approximate surface area is 103 Å². The predicted octanol–water partition coefficient (Wildman–Crippen LogP) is 1.41. The Bertz CT molecular complexity index is 355. The molecule has 2 N–H and O–H groups in total. The summed E-state index contributed by atoms with van der Waals surface area (Å²) >= 11 is 0. The Morgan fingerprint density at radius 3 is 2.94 bits per heavy atom. The van der Waals surface area contributed by atoms with Gasteiger partial charge in [-0.2, -0.15) is 0 Å². The summed E-state index contributed by atoms with van der Waals surface area (Å²) in [5.41, 5.74) is 0. The number of aromatic nitrogens is 2. The van der Waals surface area contributed by atoms with Gasteiger partial charge in [-0.25, -0.2) is 4.98 Å². The molecule has 5 nitrogen and oxygen atoms in total.